The monoisotopic (exact) mass is 515 g/mol. The first-order valence-corrected chi connectivity index (χ1v) is 15.0. The summed E-state index contributed by atoms with van der Waals surface area (Å²) in [6.45, 7) is 0.192. The maximum atomic E-state index is 13.0. The fourth-order valence-electron chi connectivity index (χ4n) is 4.09. The van der Waals surface area contributed by atoms with Crippen LogP contribution in [0.15, 0.2) is 59.8 Å². The molecule has 1 fully saturated rings. The average Bonchev–Trinajstić information content (AvgIpc) is 2.90. The van der Waals surface area contributed by atoms with Gasteiger partial charge in [-0.25, -0.2) is 9.78 Å². The molecule has 0 aliphatic heterocycles. The van der Waals surface area contributed by atoms with Crippen molar-refractivity contribution in [3.63, 3.8) is 0 Å². The lowest BCUT2D eigenvalue weighted by Gasteiger charge is -2.26. The van der Waals surface area contributed by atoms with Gasteiger partial charge in [-0.2, -0.15) is 0 Å². The molecule has 6 nitrogen and oxygen atoms in total. The van der Waals surface area contributed by atoms with E-state index in [-0.39, 0.29) is 18.6 Å². The minimum absolute atomic E-state index is 0.0872. The zero-order valence-electron chi connectivity index (χ0n) is 20.3. The normalized spacial score (nSPS) is 14.7. The van der Waals surface area contributed by atoms with Gasteiger partial charge in [-0.1, -0.05) is 85.7 Å². The standard InChI is InChI=1S/C27H37N3O3S2/c31-26(29-23-15-7-4-8-16-23)24(30-27(32)33-21-22-13-5-3-6-14-22)17-9-1-2-12-20-34-35-25-18-10-11-19-28-25/h3,5-6,10-11,13-14,18-19,23-24H,1-2,4,7-9,12,15-17,20-21H2,(H,29,31)(H,30,32)/t24-/m0/s1. The Hall–Kier alpha value is -2.19. The number of rotatable bonds is 14. The average molecular weight is 516 g/mol. The first-order chi connectivity index (χ1) is 17.2. The number of benzene rings is 1. The van der Waals surface area contributed by atoms with Gasteiger partial charge in [0.1, 0.15) is 17.7 Å². The summed E-state index contributed by atoms with van der Waals surface area (Å²) < 4.78 is 5.37. The number of pyridine rings is 1. The Morgan fingerprint density at radius 2 is 1.74 bits per heavy atom. The number of unbranched alkanes of at least 4 members (excludes halogenated alkanes) is 3. The summed E-state index contributed by atoms with van der Waals surface area (Å²) in [5.41, 5.74) is 0.921. The Morgan fingerprint density at radius 3 is 2.51 bits per heavy atom. The molecule has 1 saturated carbocycles. The molecule has 0 spiro atoms. The molecule has 1 aliphatic rings. The van der Waals surface area contributed by atoms with Gasteiger partial charge in [0, 0.05) is 18.0 Å². The summed E-state index contributed by atoms with van der Waals surface area (Å²) in [6.07, 6.45) is 11.6. The minimum atomic E-state index is -0.561. The molecule has 0 radical (unpaired) electrons. The second-order valence-corrected chi connectivity index (χ2v) is 11.3. The van der Waals surface area contributed by atoms with E-state index in [1.54, 1.807) is 10.8 Å². The third kappa shape index (κ3) is 11.4. The van der Waals surface area contributed by atoms with E-state index in [0.717, 1.165) is 67.7 Å². The molecule has 1 aromatic carbocycles. The van der Waals surface area contributed by atoms with Crippen LogP contribution in [0, 0.1) is 0 Å². The lowest BCUT2D eigenvalue weighted by atomic mass is 9.95. The predicted octanol–water partition coefficient (Wildman–Crippen LogP) is 6.52. The largest absolute Gasteiger partial charge is 0.445 e. The van der Waals surface area contributed by atoms with Crippen LogP contribution in [0.3, 0.4) is 0 Å². The molecular weight excluding hydrogens is 478 g/mol. The van der Waals surface area contributed by atoms with Crippen molar-refractivity contribution in [2.45, 2.75) is 87.9 Å². The highest BCUT2D eigenvalue weighted by atomic mass is 33.1. The van der Waals surface area contributed by atoms with Crippen molar-refractivity contribution in [1.82, 2.24) is 15.6 Å². The van der Waals surface area contributed by atoms with Crippen LogP contribution in [0.2, 0.25) is 0 Å². The van der Waals surface area contributed by atoms with E-state index >= 15 is 0 Å². The van der Waals surface area contributed by atoms with Crippen LogP contribution in [0.25, 0.3) is 0 Å². The molecular formula is C27H37N3O3S2. The van der Waals surface area contributed by atoms with Gasteiger partial charge in [0.25, 0.3) is 0 Å². The maximum absolute atomic E-state index is 13.0. The smallest absolute Gasteiger partial charge is 0.408 e. The van der Waals surface area contributed by atoms with E-state index in [4.69, 9.17) is 4.74 Å². The van der Waals surface area contributed by atoms with Gasteiger partial charge < -0.3 is 15.4 Å². The van der Waals surface area contributed by atoms with Crippen LogP contribution < -0.4 is 10.6 Å². The predicted molar refractivity (Wildman–Crippen MR) is 144 cm³/mol. The Balaban J connectivity index is 1.37. The van der Waals surface area contributed by atoms with Gasteiger partial charge in [0.2, 0.25) is 5.91 Å². The number of nitrogens with one attached hydrogen (secondary N) is 2. The van der Waals surface area contributed by atoms with Crippen LogP contribution in [0.5, 0.6) is 0 Å². The molecule has 0 bridgehead atoms. The quantitative estimate of drug-likeness (QED) is 0.220. The molecule has 3 rings (SSSR count). The Kier molecular flexibility index (Phi) is 12.9. The second-order valence-electron chi connectivity index (χ2n) is 8.88. The molecule has 0 saturated heterocycles. The van der Waals surface area contributed by atoms with Crippen molar-refractivity contribution < 1.29 is 14.3 Å². The third-order valence-corrected chi connectivity index (χ3v) is 8.38. The minimum Gasteiger partial charge on any atom is -0.445 e. The number of nitrogens with zero attached hydrogens (tertiary/aromatic N) is 1. The number of alkyl carbamates (subject to hydrolysis) is 1. The number of carbonyl (C=O) groups excluding carboxylic acids is 2. The van der Waals surface area contributed by atoms with Crippen molar-refractivity contribution in [1.29, 1.82) is 0 Å². The number of aromatic nitrogens is 1. The van der Waals surface area contributed by atoms with Gasteiger partial charge in [-0.3, -0.25) is 4.79 Å². The molecule has 2 aromatic rings. The number of amides is 2. The van der Waals surface area contributed by atoms with Crippen molar-refractivity contribution >= 4 is 33.6 Å². The van der Waals surface area contributed by atoms with Crippen LogP contribution >= 0.6 is 21.6 Å². The second kappa shape index (κ2) is 16.5. The van der Waals surface area contributed by atoms with Crippen LogP contribution in [-0.4, -0.2) is 34.8 Å². The van der Waals surface area contributed by atoms with E-state index in [0.29, 0.717) is 6.42 Å². The van der Waals surface area contributed by atoms with Gasteiger partial charge in [-0.15, -0.1) is 0 Å². The topological polar surface area (TPSA) is 80.3 Å². The SMILES string of the molecule is O=C(N[C@@H](CCCCCCSSc1ccccn1)C(=O)NC1CCCCC1)OCc1ccccc1. The van der Waals surface area contributed by atoms with Crippen molar-refractivity contribution in [3.8, 4) is 0 Å². The molecule has 1 aromatic heterocycles. The first-order valence-electron chi connectivity index (χ1n) is 12.7. The molecule has 8 heteroatoms. The summed E-state index contributed by atoms with van der Waals surface area (Å²) >= 11 is 0. The van der Waals surface area contributed by atoms with Gasteiger partial charge >= 0.3 is 6.09 Å². The van der Waals surface area contributed by atoms with Gasteiger partial charge in [0.05, 0.1) is 0 Å². The molecule has 1 atom stereocenters. The van der Waals surface area contributed by atoms with Crippen molar-refractivity contribution in [2.24, 2.45) is 0 Å². The summed E-state index contributed by atoms with van der Waals surface area (Å²) in [5, 5.41) is 7.02. The van der Waals surface area contributed by atoms with E-state index in [1.807, 2.05) is 65.5 Å². The summed E-state index contributed by atoms with van der Waals surface area (Å²) in [5.74, 6) is 0.979. The van der Waals surface area contributed by atoms with Crippen molar-refractivity contribution in [3.05, 3.63) is 60.3 Å². The molecule has 0 unspecified atom stereocenters. The number of hydrogen-bond acceptors (Lipinski definition) is 6. The molecule has 35 heavy (non-hydrogen) atoms. The molecule has 1 aliphatic carbocycles. The fraction of sp³-hybridized carbons (Fsp3) is 0.519. The Morgan fingerprint density at radius 1 is 0.971 bits per heavy atom. The maximum Gasteiger partial charge on any atom is 0.408 e. The molecule has 2 amide bonds. The highest BCUT2D eigenvalue weighted by Crippen LogP contribution is 2.29. The molecule has 2 N–H and O–H groups in total. The van der Waals surface area contributed by atoms with Crippen LogP contribution in [-0.2, 0) is 16.1 Å². The van der Waals surface area contributed by atoms with Gasteiger partial charge in [0.15, 0.2) is 0 Å². The van der Waals surface area contributed by atoms with E-state index in [1.165, 1.54) is 6.42 Å². The summed E-state index contributed by atoms with van der Waals surface area (Å²) in [6, 6.07) is 15.2. The Bertz CT molecular complexity index is 864. The highest BCUT2D eigenvalue weighted by molar-refractivity contribution is 8.76. The number of hydrogen-bond donors (Lipinski definition) is 2. The highest BCUT2D eigenvalue weighted by Gasteiger charge is 2.24. The first kappa shape index (κ1) is 27.4. The number of carbonyl (C=O) groups is 2. The Labute approximate surface area is 217 Å². The van der Waals surface area contributed by atoms with Crippen LogP contribution in [0.1, 0.15) is 69.8 Å². The van der Waals surface area contributed by atoms with E-state index in [2.05, 4.69) is 15.6 Å². The zero-order valence-corrected chi connectivity index (χ0v) is 22.0. The lowest BCUT2D eigenvalue weighted by molar-refractivity contribution is -0.124. The van der Waals surface area contributed by atoms with E-state index < -0.39 is 12.1 Å². The van der Waals surface area contributed by atoms with Crippen molar-refractivity contribution in [2.75, 3.05) is 5.75 Å². The van der Waals surface area contributed by atoms with Gasteiger partial charge in [-0.05, 0) is 54.2 Å². The third-order valence-electron chi connectivity index (χ3n) is 6.03. The summed E-state index contributed by atoms with van der Waals surface area (Å²) in [7, 11) is 3.53. The fourth-order valence-corrected chi connectivity index (χ4v) is 6.11. The number of ether oxygens (including phenoxy) is 1. The van der Waals surface area contributed by atoms with Crippen LogP contribution in [0.4, 0.5) is 4.79 Å². The zero-order chi connectivity index (χ0) is 24.6. The summed E-state index contributed by atoms with van der Waals surface area (Å²) in [4.78, 5) is 29.7. The lowest BCUT2D eigenvalue weighted by Crippen LogP contribution is -2.50. The molecule has 190 valence electrons. The molecule has 1 heterocycles. The van der Waals surface area contributed by atoms with E-state index in [9.17, 15) is 9.59 Å².